The summed E-state index contributed by atoms with van der Waals surface area (Å²) < 4.78 is 12.9. The van der Waals surface area contributed by atoms with Crippen LogP contribution in [0.4, 0.5) is 0 Å². The van der Waals surface area contributed by atoms with Crippen LogP contribution in [-0.2, 0) is 4.43 Å². The second-order valence-corrected chi connectivity index (χ2v) is 14.0. The summed E-state index contributed by atoms with van der Waals surface area (Å²) in [5.74, 6) is 0.656. The normalized spacial score (nSPS) is 12.5. The third-order valence-corrected chi connectivity index (χ3v) is 10.6. The molecule has 0 unspecified atom stereocenters. The molecule has 0 amide bonds. The molecule has 0 spiro atoms. The molecular formula is C17H23BrClNO2SSi. The number of ether oxygens (including phenoxy) is 1. The van der Waals surface area contributed by atoms with E-state index >= 15 is 0 Å². The van der Waals surface area contributed by atoms with Crippen molar-refractivity contribution in [1.29, 1.82) is 0 Å². The molecule has 0 saturated heterocycles. The molecule has 0 fully saturated rings. The fraction of sp³-hybridized carbons (Fsp3) is 0.471. The second-order valence-electron chi connectivity index (χ2n) is 7.06. The van der Waals surface area contributed by atoms with Crippen LogP contribution >= 0.6 is 38.9 Å². The maximum absolute atomic E-state index is 6.30. The zero-order valence-electron chi connectivity index (χ0n) is 14.7. The van der Waals surface area contributed by atoms with E-state index in [-0.39, 0.29) is 5.04 Å². The van der Waals surface area contributed by atoms with Crippen molar-refractivity contribution in [3.8, 4) is 16.3 Å². The number of nitrogens with zero attached hydrogens (tertiary/aromatic N) is 1. The molecule has 0 bridgehead atoms. The van der Waals surface area contributed by atoms with E-state index in [1.54, 1.807) is 17.5 Å². The predicted molar refractivity (Wildman–Crippen MR) is 109 cm³/mol. The highest BCUT2D eigenvalue weighted by atomic mass is 79.9. The van der Waals surface area contributed by atoms with Gasteiger partial charge in [0.1, 0.15) is 17.4 Å². The van der Waals surface area contributed by atoms with Crippen molar-refractivity contribution >= 4 is 47.2 Å². The fourth-order valence-corrected chi connectivity index (χ4v) is 4.53. The van der Waals surface area contributed by atoms with Gasteiger partial charge in [-0.2, -0.15) is 0 Å². The molecule has 0 aliphatic heterocycles. The maximum atomic E-state index is 6.30. The van der Waals surface area contributed by atoms with Crippen LogP contribution < -0.4 is 4.74 Å². The molecule has 24 heavy (non-hydrogen) atoms. The average molecular weight is 449 g/mol. The van der Waals surface area contributed by atoms with Crippen molar-refractivity contribution < 1.29 is 9.16 Å². The molecule has 1 aromatic carbocycles. The van der Waals surface area contributed by atoms with Crippen LogP contribution in [0.1, 0.15) is 20.8 Å². The van der Waals surface area contributed by atoms with Crippen LogP contribution in [0, 0.1) is 0 Å². The predicted octanol–water partition coefficient (Wildman–Crippen LogP) is 6.63. The van der Waals surface area contributed by atoms with Gasteiger partial charge in [0.25, 0.3) is 0 Å². The van der Waals surface area contributed by atoms with Crippen LogP contribution in [0.5, 0.6) is 5.75 Å². The van der Waals surface area contributed by atoms with E-state index in [0.29, 0.717) is 24.0 Å². The van der Waals surface area contributed by atoms with Crippen LogP contribution in [0.25, 0.3) is 10.6 Å². The molecule has 132 valence electrons. The maximum Gasteiger partial charge on any atom is 0.192 e. The summed E-state index contributed by atoms with van der Waals surface area (Å²) in [6, 6.07) is 3.78. The molecule has 0 atom stereocenters. The van der Waals surface area contributed by atoms with Gasteiger partial charge in [0.2, 0.25) is 0 Å². The molecule has 1 heterocycles. The summed E-state index contributed by atoms with van der Waals surface area (Å²) in [7, 11) is -1.75. The van der Waals surface area contributed by atoms with E-state index in [0.717, 1.165) is 15.0 Å². The third-order valence-electron chi connectivity index (χ3n) is 4.29. The van der Waals surface area contributed by atoms with E-state index in [1.807, 2.05) is 17.5 Å². The van der Waals surface area contributed by atoms with Crippen LogP contribution in [0.2, 0.25) is 23.2 Å². The molecule has 0 aliphatic carbocycles. The monoisotopic (exact) mass is 447 g/mol. The van der Waals surface area contributed by atoms with Gasteiger partial charge in [-0.25, -0.2) is 4.98 Å². The Morgan fingerprint density at radius 1 is 1.25 bits per heavy atom. The minimum absolute atomic E-state index is 0.195. The number of hydrogen-bond acceptors (Lipinski definition) is 4. The molecule has 7 heteroatoms. The van der Waals surface area contributed by atoms with Crippen molar-refractivity contribution in [3.05, 3.63) is 33.2 Å². The van der Waals surface area contributed by atoms with Crippen LogP contribution in [0.15, 0.2) is 28.2 Å². The minimum Gasteiger partial charge on any atom is -0.490 e. The fourth-order valence-electron chi connectivity index (χ4n) is 1.83. The highest BCUT2D eigenvalue weighted by molar-refractivity contribution is 9.10. The van der Waals surface area contributed by atoms with Crippen molar-refractivity contribution in [1.82, 2.24) is 4.98 Å². The largest absolute Gasteiger partial charge is 0.490 e. The molecule has 3 nitrogen and oxygen atoms in total. The van der Waals surface area contributed by atoms with Gasteiger partial charge in [0, 0.05) is 21.6 Å². The van der Waals surface area contributed by atoms with Crippen molar-refractivity contribution in [2.24, 2.45) is 0 Å². The zero-order valence-corrected chi connectivity index (χ0v) is 18.8. The Bertz CT molecular complexity index is 687. The zero-order chi connectivity index (χ0) is 18.0. The Kier molecular flexibility index (Phi) is 6.53. The summed E-state index contributed by atoms with van der Waals surface area (Å²) in [5.41, 5.74) is 0.981. The smallest absolute Gasteiger partial charge is 0.192 e. The van der Waals surface area contributed by atoms with E-state index in [4.69, 9.17) is 20.8 Å². The first kappa shape index (κ1) is 19.9. The lowest BCUT2D eigenvalue weighted by atomic mass is 10.2. The van der Waals surface area contributed by atoms with Gasteiger partial charge in [-0.15, -0.1) is 11.3 Å². The van der Waals surface area contributed by atoms with Gasteiger partial charge in [-0.3, -0.25) is 0 Å². The average Bonchev–Trinajstić information content (AvgIpc) is 2.98. The van der Waals surface area contributed by atoms with Gasteiger partial charge in [-0.1, -0.05) is 48.3 Å². The first-order chi connectivity index (χ1) is 11.1. The minimum atomic E-state index is -1.75. The molecule has 2 aromatic rings. The quantitative estimate of drug-likeness (QED) is 0.367. The lowest BCUT2D eigenvalue weighted by Gasteiger charge is -2.36. The van der Waals surface area contributed by atoms with E-state index in [2.05, 4.69) is 54.8 Å². The molecule has 0 radical (unpaired) electrons. The Morgan fingerprint density at radius 3 is 2.54 bits per heavy atom. The van der Waals surface area contributed by atoms with Gasteiger partial charge >= 0.3 is 0 Å². The third kappa shape index (κ3) is 4.82. The SMILES string of the molecule is CC(C)(C)[Si](C)(C)OCCOc1cc(-c2nccs2)c(Br)cc1Cl. The number of benzene rings is 1. The lowest BCUT2D eigenvalue weighted by Crippen LogP contribution is -2.41. The van der Waals surface area contributed by atoms with Crippen molar-refractivity contribution in [3.63, 3.8) is 0 Å². The number of halogens is 2. The van der Waals surface area contributed by atoms with E-state index < -0.39 is 8.32 Å². The molecule has 0 N–H and O–H groups in total. The standard InChI is InChI=1S/C17H23BrClNO2SSi/c1-17(2,3)24(4,5)22-8-7-21-15-10-12(13(18)11-14(15)19)16-20-6-9-23-16/h6,9-11H,7-8H2,1-5H3. The Morgan fingerprint density at radius 2 is 1.96 bits per heavy atom. The summed E-state index contributed by atoms with van der Waals surface area (Å²) in [5, 5.41) is 3.65. The van der Waals surface area contributed by atoms with Crippen LogP contribution in [0.3, 0.4) is 0 Å². The van der Waals surface area contributed by atoms with Gasteiger partial charge in [0.15, 0.2) is 8.32 Å². The van der Waals surface area contributed by atoms with E-state index in [9.17, 15) is 0 Å². The first-order valence-electron chi connectivity index (χ1n) is 7.77. The highest BCUT2D eigenvalue weighted by Gasteiger charge is 2.36. The summed E-state index contributed by atoms with van der Waals surface area (Å²) >= 11 is 11.4. The van der Waals surface area contributed by atoms with Crippen LogP contribution in [-0.4, -0.2) is 26.5 Å². The molecule has 2 rings (SSSR count). The Labute approximate surface area is 162 Å². The number of thiazole rings is 1. The first-order valence-corrected chi connectivity index (χ1v) is 12.7. The molecular weight excluding hydrogens is 426 g/mol. The Hall–Kier alpha value is -0.403. The van der Waals surface area contributed by atoms with Gasteiger partial charge in [0.05, 0.1) is 11.6 Å². The van der Waals surface area contributed by atoms with Gasteiger partial charge in [-0.05, 0) is 30.3 Å². The number of hydrogen-bond donors (Lipinski definition) is 0. The molecule has 0 saturated carbocycles. The summed E-state index contributed by atoms with van der Waals surface area (Å²) in [6.07, 6.45) is 1.79. The van der Waals surface area contributed by atoms with E-state index in [1.165, 1.54) is 0 Å². The summed E-state index contributed by atoms with van der Waals surface area (Å²) in [6.45, 7) is 12.2. The van der Waals surface area contributed by atoms with Crippen molar-refractivity contribution in [2.75, 3.05) is 13.2 Å². The second kappa shape index (κ2) is 7.87. The number of rotatable bonds is 6. The molecule has 1 aromatic heterocycles. The lowest BCUT2D eigenvalue weighted by molar-refractivity contribution is 0.203. The van der Waals surface area contributed by atoms with Gasteiger partial charge < -0.3 is 9.16 Å². The Balaban J connectivity index is 2.02. The molecule has 0 aliphatic rings. The van der Waals surface area contributed by atoms with Crippen molar-refractivity contribution in [2.45, 2.75) is 38.9 Å². The highest BCUT2D eigenvalue weighted by Crippen LogP contribution is 2.38. The number of aromatic nitrogens is 1. The topological polar surface area (TPSA) is 31.4 Å². The summed E-state index contributed by atoms with van der Waals surface area (Å²) in [4.78, 5) is 4.34.